The van der Waals surface area contributed by atoms with Gasteiger partial charge >= 0.3 is 0 Å². The highest BCUT2D eigenvalue weighted by atomic mass is 16.5. The summed E-state index contributed by atoms with van der Waals surface area (Å²) in [5.41, 5.74) is 4.35. The molecule has 0 bridgehead atoms. The van der Waals surface area contributed by atoms with Gasteiger partial charge in [-0.1, -0.05) is 30.3 Å². The average molecular weight is 431 g/mol. The number of aromatic nitrogens is 4. The summed E-state index contributed by atoms with van der Waals surface area (Å²) in [4.78, 5) is 2.44. The maximum Gasteiger partial charge on any atom is 0.185 e. The van der Waals surface area contributed by atoms with Crippen molar-refractivity contribution in [2.45, 2.75) is 13.0 Å². The minimum Gasteiger partial charge on any atom is -0.493 e. The first-order valence-corrected chi connectivity index (χ1v) is 10.7. The van der Waals surface area contributed by atoms with Gasteiger partial charge in [-0.25, -0.2) is 0 Å². The molecule has 0 saturated carbocycles. The first kappa shape index (κ1) is 20.3. The van der Waals surface area contributed by atoms with Crippen LogP contribution in [0.1, 0.15) is 11.1 Å². The van der Waals surface area contributed by atoms with Gasteiger partial charge < -0.3 is 14.8 Å². The maximum absolute atomic E-state index is 5.47. The summed E-state index contributed by atoms with van der Waals surface area (Å²) in [6.45, 7) is 3.62. The first-order valence-electron chi connectivity index (χ1n) is 10.7. The lowest BCUT2D eigenvalue weighted by Crippen LogP contribution is -2.34. The predicted molar refractivity (Wildman–Crippen MR) is 123 cm³/mol. The van der Waals surface area contributed by atoms with Crippen molar-refractivity contribution in [3.8, 4) is 22.9 Å². The van der Waals surface area contributed by atoms with E-state index in [-0.39, 0.29) is 0 Å². The fourth-order valence-electron chi connectivity index (χ4n) is 4.12. The Kier molecular flexibility index (Phi) is 5.60. The lowest BCUT2D eigenvalue weighted by Gasteiger charge is -2.29. The van der Waals surface area contributed by atoms with E-state index in [9.17, 15) is 0 Å². The fourth-order valence-corrected chi connectivity index (χ4v) is 4.12. The number of methoxy groups -OCH3 is 2. The molecule has 3 heterocycles. The smallest absolute Gasteiger partial charge is 0.185 e. The molecule has 0 radical (unpaired) electrons. The number of nitrogens with one attached hydrogen (secondary N) is 1. The number of hydrogen-bond acceptors (Lipinski definition) is 7. The summed E-state index contributed by atoms with van der Waals surface area (Å²) in [5.74, 6) is 3.12. The molecule has 0 saturated heterocycles. The minimum atomic E-state index is 0.728. The second-order valence-electron chi connectivity index (χ2n) is 7.81. The van der Waals surface area contributed by atoms with E-state index in [1.165, 1.54) is 11.1 Å². The van der Waals surface area contributed by atoms with Crippen molar-refractivity contribution in [3.63, 3.8) is 0 Å². The van der Waals surface area contributed by atoms with Crippen LogP contribution in [0.5, 0.6) is 11.5 Å². The highest BCUT2D eigenvalue weighted by molar-refractivity contribution is 5.59. The Labute approximate surface area is 186 Å². The topological polar surface area (TPSA) is 76.8 Å². The molecule has 164 valence electrons. The number of nitrogens with zero attached hydrogens (tertiary/aromatic N) is 5. The maximum atomic E-state index is 5.47. The fraction of sp³-hybridized carbons (Fsp3) is 0.292. The van der Waals surface area contributed by atoms with Gasteiger partial charge in [-0.05, 0) is 41.8 Å². The Morgan fingerprint density at radius 2 is 1.72 bits per heavy atom. The Balaban J connectivity index is 1.24. The summed E-state index contributed by atoms with van der Waals surface area (Å²) < 4.78 is 12.7. The van der Waals surface area contributed by atoms with Crippen molar-refractivity contribution >= 4 is 11.5 Å². The second kappa shape index (κ2) is 8.84. The third-order valence-electron chi connectivity index (χ3n) is 5.83. The van der Waals surface area contributed by atoms with Crippen LogP contribution < -0.4 is 14.8 Å². The predicted octanol–water partition coefficient (Wildman–Crippen LogP) is 3.28. The van der Waals surface area contributed by atoms with Crippen molar-refractivity contribution in [1.29, 1.82) is 0 Å². The van der Waals surface area contributed by atoms with Gasteiger partial charge in [0.1, 0.15) is 5.82 Å². The molecule has 0 spiro atoms. The van der Waals surface area contributed by atoms with Gasteiger partial charge in [0, 0.05) is 31.7 Å². The van der Waals surface area contributed by atoms with E-state index in [4.69, 9.17) is 14.6 Å². The molecule has 1 N–H and O–H groups in total. The van der Waals surface area contributed by atoms with Gasteiger partial charge in [-0.15, -0.1) is 15.3 Å². The number of fused-ring (bicyclic) bond motifs is 2. The molecule has 2 aromatic heterocycles. The number of hydrogen-bond donors (Lipinski definition) is 1. The molecule has 8 nitrogen and oxygen atoms in total. The van der Waals surface area contributed by atoms with E-state index in [2.05, 4.69) is 32.5 Å². The van der Waals surface area contributed by atoms with Crippen molar-refractivity contribution in [1.82, 2.24) is 24.7 Å². The Bertz CT molecular complexity index is 1220. The molecule has 0 fully saturated rings. The second-order valence-corrected chi connectivity index (χ2v) is 7.81. The van der Waals surface area contributed by atoms with Crippen LogP contribution in [0.2, 0.25) is 0 Å². The zero-order chi connectivity index (χ0) is 21.9. The molecule has 0 aliphatic carbocycles. The van der Waals surface area contributed by atoms with Gasteiger partial charge in [-0.2, -0.15) is 4.52 Å². The Morgan fingerprint density at radius 3 is 2.50 bits per heavy atom. The molecule has 5 rings (SSSR count). The van der Waals surface area contributed by atoms with Crippen LogP contribution in [0.4, 0.5) is 5.82 Å². The van der Waals surface area contributed by atoms with Crippen molar-refractivity contribution < 1.29 is 9.47 Å². The molecular formula is C24H26N6O2. The van der Waals surface area contributed by atoms with Crippen molar-refractivity contribution in [2.75, 3.05) is 39.2 Å². The van der Waals surface area contributed by atoms with Crippen LogP contribution >= 0.6 is 0 Å². The SMILES string of the molecule is COc1cc2c(cc1OC)CN(CCNc1ccc3nnc(-c4ccccc4)n3n1)CC2. The molecule has 0 unspecified atom stereocenters. The van der Waals surface area contributed by atoms with E-state index in [0.717, 1.165) is 67.0 Å². The highest BCUT2D eigenvalue weighted by Gasteiger charge is 2.19. The highest BCUT2D eigenvalue weighted by Crippen LogP contribution is 2.33. The summed E-state index contributed by atoms with van der Waals surface area (Å²) in [5, 5.41) is 16.7. The molecule has 8 heteroatoms. The van der Waals surface area contributed by atoms with Crippen LogP contribution in [0.3, 0.4) is 0 Å². The molecule has 0 atom stereocenters. The third kappa shape index (κ3) is 3.97. The molecule has 2 aromatic carbocycles. The van der Waals surface area contributed by atoms with Crippen LogP contribution in [0, 0.1) is 0 Å². The molecule has 32 heavy (non-hydrogen) atoms. The summed E-state index contributed by atoms with van der Waals surface area (Å²) >= 11 is 0. The lowest BCUT2D eigenvalue weighted by molar-refractivity contribution is 0.262. The standard InChI is InChI=1S/C24H26N6O2/c1-31-20-14-18-10-12-29(16-19(18)15-21(20)32-2)13-11-25-22-8-9-23-26-27-24(30(23)28-22)17-6-4-3-5-7-17/h3-9,14-15H,10-13,16H2,1-2H3,(H,25,28). The van der Waals surface area contributed by atoms with E-state index in [1.54, 1.807) is 18.7 Å². The Morgan fingerprint density at radius 1 is 0.938 bits per heavy atom. The Hall–Kier alpha value is -3.65. The third-order valence-corrected chi connectivity index (χ3v) is 5.83. The average Bonchev–Trinajstić information content (AvgIpc) is 3.27. The first-order chi connectivity index (χ1) is 15.7. The van der Waals surface area contributed by atoms with Crippen LogP contribution in [-0.4, -0.2) is 58.6 Å². The van der Waals surface area contributed by atoms with Crippen molar-refractivity contribution in [2.24, 2.45) is 0 Å². The van der Waals surface area contributed by atoms with Gasteiger partial charge in [0.05, 0.1) is 14.2 Å². The summed E-state index contributed by atoms with van der Waals surface area (Å²) in [7, 11) is 3.36. The van der Waals surface area contributed by atoms with Crippen LogP contribution in [-0.2, 0) is 13.0 Å². The van der Waals surface area contributed by atoms with E-state index in [1.807, 2.05) is 42.5 Å². The van der Waals surface area contributed by atoms with Crippen LogP contribution in [0.25, 0.3) is 17.0 Å². The number of benzene rings is 2. The van der Waals surface area contributed by atoms with Crippen molar-refractivity contribution in [3.05, 3.63) is 65.7 Å². The zero-order valence-corrected chi connectivity index (χ0v) is 18.3. The van der Waals surface area contributed by atoms with Gasteiger partial charge in [0.25, 0.3) is 0 Å². The molecule has 1 aliphatic heterocycles. The van der Waals surface area contributed by atoms with Gasteiger partial charge in [0.2, 0.25) is 0 Å². The molecule has 0 amide bonds. The quantitative estimate of drug-likeness (QED) is 0.482. The molecule has 1 aliphatic rings. The van der Waals surface area contributed by atoms with E-state index >= 15 is 0 Å². The summed E-state index contributed by atoms with van der Waals surface area (Å²) in [6.07, 6.45) is 1.00. The van der Waals surface area contributed by atoms with E-state index in [0.29, 0.717) is 0 Å². The monoisotopic (exact) mass is 430 g/mol. The van der Waals surface area contributed by atoms with Gasteiger partial charge in [-0.3, -0.25) is 4.90 Å². The zero-order valence-electron chi connectivity index (χ0n) is 18.3. The lowest BCUT2D eigenvalue weighted by atomic mass is 9.99. The summed E-state index contributed by atoms with van der Waals surface area (Å²) in [6, 6.07) is 18.1. The van der Waals surface area contributed by atoms with Crippen LogP contribution in [0.15, 0.2) is 54.6 Å². The number of ether oxygens (including phenoxy) is 2. The van der Waals surface area contributed by atoms with E-state index < -0.39 is 0 Å². The number of anilines is 1. The largest absolute Gasteiger partial charge is 0.493 e. The number of rotatable bonds is 7. The normalized spacial score (nSPS) is 13.7. The molecule has 4 aromatic rings. The van der Waals surface area contributed by atoms with Gasteiger partial charge in [0.15, 0.2) is 23.0 Å². The molecular weight excluding hydrogens is 404 g/mol. The minimum absolute atomic E-state index is 0.728.